The van der Waals surface area contributed by atoms with Crippen LogP contribution in [0.1, 0.15) is 50.9 Å². The quantitative estimate of drug-likeness (QED) is 0.298. The van der Waals surface area contributed by atoms with Crippen LogP contribution in [-0.2, 0) is 0 Å². The maximum absolute atomic E-state index is 11.4. The second kappa shape index (κ2) is 9.26. The van der Waals surface area contributed by atoms with Crippen LogP contribution in [-0.4, -0.2) is 39.7 Å². The van der Waals surface area contributed by atoms with Gasteiger partial charge in [0.25, 0.3) is 0 Å². The molecule has 1 heterocycles. The number of H-pyrrole nitrogens is 1. The van der Waals surface area contributed by atoms with E-state index in [2.05, 4.69) is 29.1 Å². The van der Waals surface area contributed by atoms with Gasteiger partial charge in [-0.25, -0.2) is 0 Å². The topological polar surface area (TPSA) is 108 Å². The lowest BCUT2D eigenvalue weighted by atomic mass is 10.0. The number of nitrogens with one attached hydrogen (secondary N) is 1. The van der Waals surface area contributed by atoms with Gasteiger partial charge in [-0.1, -0.05) is 13.8 Å². The molecule has 0 aliphatic heterocycles. The molecule has 0 saturated carbocycles. The van der Waals surface area contributed by atoms with E-state index in [0.717, 1.165) is 18.7 Å². The maximum Gasteiger partial charge on any atom is 0.315 e. The first kappa shape index (κ1) is 20.6. The number of aromatic amines is 1. The highest BCUT2D eigenvalue weighted by atomic mass is 32.1. The number of ether oxygens (including phenoxy) is 2. The minimum absolute atomic E-state index is 0.0970. The lowest BCUT2D eigenvalue weighted by molar-refractivity contribution is -0.385. The molecule has 1 aromatic heterocycles. The second-order valence-corrected chi connectivity index (χ2v) is 6.10. The van der Waals surface area contributed by atoms with Gasteiger partial charge in [-0.15, -0.1) is 0 Å². The third-order valence-electron chi connectivity index (χ3n) is 4.11. The molecule has 0 radical (unpaired) electrons. The first-order chi connectivity index (χ1) is 13.0. The fraction of sp³-hybridized carbons (Fsp3) is 0.471. The minimum Gasteiger partial charge on any atom is -0.493 e. The summed E-state index contributed by atoms with van der Waals surface area (Å²) in [7, 11) is 1.43. The zero-order valence-corrected chi connectivity index (χ0v) is 16.6. The van der Waals surface area contributed by atoms with E-state index in [1.54, 1.807) is 17.7 Å². The Kier molecular flexibility index (Phi) is 7.05. The van der Waals surface area contributed by atoms with Gasteiger partial charge in [-0.2, -0.15) is 14.9 Å². The van der Waals surface area contributed by atoms with Gasteiger partial charge in [0.1, 0.15) is 0 Å². The molecule has 0 saturated heterocycles. The van der Waals surface area contributed by atoms with Gasteiger partial charge in [-0.05, 0) is 38.0 Å². The molecule has 2 aromatic rings. The first-order valence-corrected chi connectivity index (χ1v) is 9.08. The van der Waals surface area contributed by atoms with Gasteiger partial charge >= 0.3 is 5.69 Å². The summed E-state index contributed by atoms with van der Waals surface area (Å²) in [6, 6.07) is 3.01. The summed E-state index contributed by atoms with van der Waals surface area (Å²) in [6.07, 6.45) is 3.28. The number of nitrogens with zero attached hydrogens (tertiary/aromatic N) is 4. The van der Waals surface area contributed by atoms with Crippen molar-refractivity contribution in [2.75, 3.05) is 13.7 Å². The third-order valence-corrected chi connectivity index (χ3v) is 4.38. The number of benzene rings is 1. The Morgan fingerprint density at radius 2 is 2.11 bits per heavy atom. The average Bonchev–Trinajstić information content (AvgIpc) is 3.02. The fourth-order valence-electron chi connectivity index (χ4n) is 2.72. The van der Waals surface area contributed by atoms with Crippen molar-refractivity contribution in [1.82, 2.24) is 14.9 Å². The minimum atomic E-state index is -0.510. The number of hydrogen-bond acceptors (Lipinski definition) is 7. The summed E-state index contributed by atoms with van der Waals surface area (Å²) >= 11 is 5.25. The van der Waals surface area contributed by atoms with Crippen LogP contribution in [0, 0.1) is 14.9 Å². The van der Waals surface area contributed by atoms with E-state index in [4.69, 9.17) is 21.7 Å². The van der Waals surface area contributed by atoms with Gasteiger partial charge in [0.05, 0.1) is 24.9 Å². The molecule has 27 heavy (non-hydrogen) atoms. The molecule has 0 atom stereocenters. The molecule has 146 valence electrons. The van der Waals surface area contributed by atoms with Crippen molar-refractivity contribution < 1.29 is 14.4 Å². The van der Waals surface area contributed by atoms with Crippen LogP contribution < -0.4 is 9.47 Å². The largest absolute Gasteiger partial charge is 0.493 e. The molecule has 0 fully saturated rings. The highest BCUT2D eigenvalue weighted by molar-refractivity contribution is 7.71. The van der Waals surface area contributed by atoms with Crippen molar-refractivity contribution in [2.45, 2.75) is 39.5 Å². The Labute approximate surface area is 162 Å². The monoisotopic (exact) mass is 393 g/mol. The van der Waals surface area contributed by atoms with E-state index < -0.39 is 4.92 Å². The molecule has 0 unspecified atom stereocenters. The molecule has 1 N–H and O–H groups in total. The van der Waals surface area contributed by atoms with Crippen molar-refractivity contribution in [3.05, 3.63) is 38.4 Å². The van der Waals surface area contributed by atoms with Crippen LogP contribution in [0.5, 0.6) is 11.5 Å². The van der Waals surface area contributed by atoms with Gasteiger partial charge in [0.15, 0.2) is 11.6 Å². The third kappa shape index (κ3) is 4.51. The summed E-state index contributed by atoms with van der Waals surface area (Å²) in [5.41, 5.74) is 0.300. The average molecular weight is 393 g/mol. The summed E-state index contributed by atoms with van der Waals surface area (Å²) in [5, 5.41) is 22.8. The number of aromatic nitrogens is 3. The standard InChI is InChI=1S/C17H23N5O4S/c1-5-12(6-2)16-19-20-17(27)21(16)18-10-11-8-13(22(23)24)15(26-7-3)14(9-11)25-4/h8-10,12H,5-7H2,1-4H3,(H,20,27)/b18-10-. The molecule has 10 heteroatoms. The normalized spacial score (nSPS) is 11.3. The highest BCUT2D eigenvalue weighted by Crippen LogP contribution is 2.38. The predicted molar refractivity (Wildman–Crippen MR) is 105 cm³/mol. The van der Waals surface area contributed by atoms with E-state index in [1.807, 2.05) is 0 Å². The van der Waals surface area contributed by atoms with Crippen LogP contribution in [0.4, 0.5) is 5.69 Å². The zero-order chi connectivity index (χ0) is 20.0. The van der Waals surface area contributed by atoms with Crippen molar-refractivity contribution in [1.29, 1.82) is 0 Å². The van der Waals surface area contributed by atoms with Crippen LogP contribution >= 0.6 is 12.2 Å². The predicted octanol–water partition coefficient (Wildman–Crippen LogP) is 4.04. The number of hydrogen-bond donors (Lipinski definition) is 1. The zero-order valence-electron chi connectivity index (χ0n) is 15.8. The van der Waals surface area contributed by atoms with Crippen LogP contribution in [0.15, 0.2) is 17.2 Å². The summed E-state index contributed by atoms with van der Waals surface area (Å²) in [6.45, 7) is 6.17. The van der Waals surface area contributed by atoms with Crippen molar-refractivity contribution in [3.63, 3.8) is 0 Å². The number of nitro benzene ring substituents is 1. The van der Waals surface area contributed by atoms with Crippen molar-refractivity contribution in [3.8, 4) is 11.5 Å². The molecule has 0 aliphatic carbocycles. The Balaban J connectivity index is 2.49. The molecular weight excluding hydrogens is 370 g/mol. The van der Waals surface area contributed by atoms with Crippen molar-refractivity contribution >= 4 is 24.1 Å². The Bertz CT molecular complexity index is 886. The first-order valence-electron chi connectivity index (χ1n) is 8.67. The molecule has 0 amide bonds. The summed E-state index contributed by atoms with van der Waals surface area (Å²) in [5.74, 6) is 1.30. The van der Waals surface area contributed by atoms with Gasteiger partial charge in [0.2, 0.25) is 10.5 Å². The van der Waals surface area contributed by atoms with E-state index in [-0.39, 0.29) is 29.7 Å². The lowest BCUT2D eigenvalue weighted by Crippen LogP contribution is -2.05. The SMILES string of the molecule is CCOc1c(OC)cc(/C=N\n2c(C(CC)CC)n[nH]c2=S)cc1[N+](=O)[O-]. The van der Waals surface area contributed by atoms with E-state index in [9.17, 15) is 10.1 Å². The maximum atomic E-state index is 11.4. The Morgan fingerprint density at radius 1 is 1.41 bits per heavy atom. The van der Waals surface area contributed by atoms with E-state index >= 15 is 0 Å². The second-order valence-electron chi connectivity index (χ2n) is 5.72. The lowest BCUT2D eigenvalue weighted by Gasteiger charge is -2.11. The van der Waals surface area contributed by atoms with E-state index in [1.165, 1.54) is 19.4 Å². The smallest absolute Gasteiger partial charge is 0.315 e. The molecule has 2 rings (SSSR count). The van der Waals surface area contributed by atoms with Gasteiger partial charge < -0.3 is 9.47 Å². The number of methoxy groups -OCH3 is 1. The van der Waals surface area contributed by atoms with Gasteiger partial charge in [0, 0.05) is 17.5 Å². The molecule has 1 aromatic carbocycles. The van der Waals surface area contributed by atoms with E-state index in [0.29, 0.717) is 10.3 Å². The summed E-state index contributed by atoms with van der Waals surface area (Å²) in [4.78, 5) is 10.9. The molecule has 0 aliphatic rings. The summed E-state index contributed by atoms with van der Waals surface area (Å²) < 4.78 is 12.5. The number of nitro groups is 1. The van der Waals surface area contributed by atoms with Crippen LogP contribution in [0.25, 0.3) is 0 Å². The molecule has 0 bridgehead atoms. The highest BCUT2D eigenvalue weighted by Gasteiger charge is 2.22. The van der Waals surface area contributed by atoms with Crippen LogP contribution in [0.3, 0.4) is 0 Å². The molecule has 9 nitrogen and oxygen atoms in total. The number of rotatable bonds is 9. The Hall–Kier alpha value is -2.75. The Morgan fingerprint density at radius 3 is 2.67 bits per heavy atom. The molecular formula is C17H23N5O4S. The fourth-order valence-corrected chi connectivity index (χ4v) is 2.90. The van der Waals surface area contributed by atoms with Crippen molar-refractivity contribution in [2.24, 2.45) is 5.10 Å². The molecule has 0 spiro atoms. The van der Waals surface area contributed by atoms with Gasteiger partial charge in [-0.3, -0.25) is 15.2 Å². The van der Waals surface area contributed by atoms with Crippen LogP contribution in [0.2, 0.25) is 0 Å².